The van der Waals surface area contributed by atoms with Gasteiger partial charge in [-0.15, -0.1) is 0 Å². The number of halogens is 1. The highest BCUT2D eigenvalue weighted by atomic mass is 79.9. The molecule has 1 atom stereocenters. The zero-order chi connectivity index (χ0) is 13.6. The first-order valence-electron chi connectivity index (χ1n) is 5.82. The van der Waals surface area contributed by atoms with Crippen molar-refractivity contribution in [2.75, 3.05) is 6.54 Å². The molecule has 1 heterocycles. The predicted octanol–water partition coefficient (Wildman–Crippen LogP) is 1.64. The minimum absolute atomic E-state index is 0.145. The van der Waals surface area contributed by atoms with Crippen molar-refractivity contribution < 1.29 is 8.42 Å². The maximum atomic E-state index is 12.1. The first-order valence-corrected chi connectivity index (χ1v) is 8.10. The van der Waals surface area contributed by atoms with Crippen LogP contribution >= 0.6 is 15.9 Å². The van der Waals surface area contributed by atoms with Gasteiger partial charge in [0.25, 0.3) is 0 Å². The zero-order valence-electron chi connectivity index (χ0n) is 10.3. The van der Waals surface area contributed by atoms with Crippen LogP contribution in [0, 0.1) is 0 Å². The number of nitrogens with two attached hydrogens (primary N) is 1. The lowest BCUT2D eigenvalue weighted by molar-refractivity contribution is 0.516. The lowest BCUT2D eigenvalue weighted by Crippen LogP contribution is -2.40. The van der Waals surface area contributed by atoms with Gasteiger partial charge < -0.3 is 5.73 Å². The van der Waals surface area contributed by atoms with Gasteiger partial charge in [0, 0.05) is 29.5 Å². The Morgan fingerprint density at radius 1 is 1.50 bits per heavy atom. The summed E-state index contributed by atoms with van der Waals surface area (Å²) in [5.41, 5.74) is 5.58. The van der Waals surface area contributed by atoms with Crippen LogP contribution in [-0.4, -0.2) is 26.0 Å². The van der Waals surface area contributed by atoms with Crippen molar-refractivity contribution in [2.45, 2.75) is 37.1 Å². The lowest BCUT2D eigenvalue weighted by atomic mass is 10.1. The molecule has 0 aliphatic heterocycles. The third-order valence-electron chi connectivity index (χ3n) is 2.50. The summed E-state index contributed by atoms with van der Waals surface area (Å²) in [4.78, 5) is 3.99. The fraction of sp³-hybridized carbons (Fsp3) is 0.545. The third-order valence-corrected chi connectivity index (χ3v) is 4.42. The summed E-state index contributed by atoms with van der Waals surface area (Å²) in [5, 5.41) is 0. The van der Waals surface area contributed by atoms with E-state index in [1.807, 2.05) is 0 Å². The summed E-state index contributed by atoms with van der Waals surface area (Å²) in [6.07, 6.45) is 5.56. The standard InChI is InChI=1S/C11H18BrN3O2S/c1-2-3-4-10(6-13)15-18(16,17)11-5-9(12)7-14-8-11/h5,7-8,10,15H,2-4,6,13H2,1H3. The van der Waals surface area contributed by atoms with E-state index in [1.165, 1.54) is 18.5 Å². The fourth-order valence-corrected chi connectivity index (χ4v) is 3.29. The molecule has 18 heavy (non-hydrogen) atoms. The van der Waals surface area contributed by atoms with Crippen LogP contribution < -0.4 is 10.5 Å². The summed E-state index contributed by atoms with van der Waals surface area (Å²) in [6.45, 7) is 2.35. The van der Waals surface area contributed by atoms with E-state index in [1.54, 1.807) is 0 Å². The summed E-state index contributed by atoms with van der Waals surface area (Å²) >= 11 is 3.20. The van der Waals surface area contributed by atoms with Gasteiger partial charge >= 0.3 is 0 Å². The van der Waals surface area contributed by atoms with Gasteiger partial charge in [0.15, 0.2) is 0 Å². The maximum Gasteiger partial charge on any atom is 0.242 e. The van der Waals surface area contributed by atoms with Crippen molar-refractivity contribution in [3.05, 3.63) is 22.9 Å². The van der Waals surface area contributed by atoms with Gasteiger partial charge in [0.2, 0.25) is 10.0 Å². The molecular weight excluding hydrogens is 318 g/mol. The Morgan fingerprint density at radius 3 is 2.78 bits per heavy atom. The van der Waals surface area contributed by atoms with E-state index in [9.17, 15) is 8.42 Å². The van der Waals surface area contributed by atoms with Gasteiger partial charge in [-0.05, 0) is 28.4 Å². The molecule has 1 rings (SSSR count). The Morgan fingerprint density at radius 2 is 2.22 bits per heavy atom. The van der Waals surface area contributed by atoms with Crippen molar-refractivity contribution in [2.24, 2.45) is 5.73 Å². The van der Waals surface area contributed by atoms with Crippen LogP contribution in [0.3, 0.4) is 0 Å². The second-order valence-corrected chi connectivity index (χ2v) is 6.66. The highest BCUT2D eigenvalue weighted by Gasteiger charge is 2.19. The Hall–Kier alpha value is -0.500. The van der Waals surface area contributed by atoms with Crippen molar-refractivity contribution in [1.29, 1.82) is 0 Å². The smallest absolute Gasteiger partial charge is 0.242 e. The molecule has 1 aromatic rings. The molecule has 0 fully saturated rings. The second-order valence-electron chi connectivity index (χ2n) is 4.04. The SMILES string of the molecule is CCCCC(CN)NS(=O)(=O)c1cncc(Br)c1. The topological polar surface area (TPSA) is 85.1 Å². The van der Waals surface area contributed by atoms with Gasteiger partial charge in [0.1, 0.15) is 4.90 Å². The summed E-state index contributed by atoms with van der Waals surface area (Å²) in [7, 11) is -3.55. The fourth-order valence-electron chi connectivity index (χ4n) is 1.50. The van der Waals surface area contributed by atoms with Crippen LogP contribution in [0.5, 0.6) is 0 Å². The minimum Gasteiger partial charge on any atom is -0.329 e. The Balaban J connectivity index is 2.80. The van der Waals surface area contributed by atoms with E-state index in [0.29, 0.717) is 11.0 Å². The van der Waals surface area contributed by atoms with Crippen LogP contribution in [0.1, 0.15) is 26.2 Å². The van der Waals surface area contributed by atoms with Crippen molar-refractivity contribution in [3.8, 4) is 0 Å². The molecule has 0 bridgehead atoms. The molecule has 5 nitrogen and oxygen atoms in total. The molecule has 0 aliphatic carbocycles. The van der Waals surface area contributed by atoms with Crippen LogP contribution in [0.15, 0.2) is 27.8 Å². The van der Waals surface area contributed by atoms with Crippen molar-refractivity contribution in [1.82, 2.24) is 9.71 Å². The molecule has 102 valence electrons. The molecule has 0 aliphatic rings. The number of sulfonamides is 1. The Labute approximate surface area is 116 Å². The van der Waals surface area contributed by atoms with Crippen molar-refractivity contribution >= 4 is 26.0 Å². The quantitative estimate of drug-likeness (QED) is 0.793. The van der Waals surface area contributed by atoms with E-state index >= 15 is 0 Å². The molecule has 0 saturated carbocycles. The number of nitrogens with one attached hydrogen (secondary N) is 1. The van der Waals surface area contributed by atoms with Gasteiger partial charge in [-0.1, -0.05) is 19.8 Å². The van der Waals surface area contributed by atoms with Crippen LogP contribution in [0.25, 0.3) is 0 Å². The highest BCUT2D eigenvalue weighted by Crippen LogP contribution is 2.15. The second kappa shape index (κ2) is 7.18. The molecule has 0 aromatic carbocycles. The van der Waals surface area contributed by atoms with Gasteiger partial charge in [-0.3, -0.25) is 4.98 Å². The van der Waals surface area contributed by atoms with Crippen LogP contribution in [0.4, 0.5) is 0 Å². The summed E-state index contributed by atoms with van der Waals surface area (Å²) in [5.74, 6) is 0. The zero-order valence-corrected chi connectivity index (χ0v) is 12.7. The van der Waals surface area contributed by atoms with Crippen molar-refractivity contribution in [3.63, 3.8) is 0 Å². The molecule has 0 saturated heterocycles. The first kappa shape index (κ1) is 15.6. The molecular formula is C11H18BrN3O2S. The average Bonchev–Trinajstić information content (AvgIpc) is 2.34. The lowest BCUT2D eigenvalue weighted by Gasteiger charge is -2.16. The van der Waals surface area contributed by atoms with E-state index in [0.717, 1.165) is 19.3 Å². The molecule has 7 heteroatoms. The number of aromatic nitrogens is 1. The molecule has 0 spiro atoms. The minimum atomic E-state index is -3.55. The number of unbranched alkanes of at least 4 members (excludes halogenated alkanes) is 1. The summed E-state index contributed by atoms with van der Waals surface area (Å²) in [6, 6.07) is 1.29. The molecule has 1 aromatic heterocycles. The van der Waals surface area contributed by atoms with E-state index in [4.69, 9.17) is 5.73 Å². The number of rotatable bonds is 7. The average molecular weight is 336 g/mol. The largest absolute Gasteiger partial charge is 0.329 e. The van der Waals surface area contributed by atoms with Crippen LogP contribution in [0.2, 0.25) is 0 Å². The highest BCUT2D eigenvalue weighted by molar-refractivity contribution is 9.10. The molecule has 0 amide bonds. The van der Waals surface area contributed by atoms with E-state index in [2.05, 4.69) is 32.6 Å². The number of hydrogen-bond donors (Lipinski definition) is 2. The number of pyridine rings is 1. The third kappa shape index (κ3) is 4.64. The van der Waals surface area contributed by atoms with Crippen LogP contribution in [-0.2, 0) is 10.0 Å². The van der Waals surface area contributed by atoms with Gasteiger partial charge in [-0.2, -0.15) is 0 Å². The Bertz CT molecular complexity index is 479. The monoisotopic (exact) mass is 335 g/mol. The van der Waals surface area contributed by atoms with E-state index in [-0.39, 0.29) is 10.9 Å². The number of nitrogens with zero attached hydrogens (tertiary/aromatic N) is 1. The van der Waals surface area contributed by atoms with E-state index < -0.39 is 10.0 Å². The Kier molecular flexibility index (Phi) is 6.20. The molecule has 0 radical (unpaired) electrons. The molecule has 3 N–H and O–H groups in total. The van der Waals surface area contributed by atoms with Gasteiger partial charge in [0.05, 0.1) is 0 Å². The molecule has 1 unspecified atom stereocenters. The van der Waals surface area contributed by atoms with Gasteiger partial charge in [-0.25, -0.2) is 13.1 Å². The maximum absolute atomic E-state index is 12.1. The first-order chi connectivity index (χ1) is 8.49. The number of hydrogen-bond acceptors (Lipinski definition) is 4. The predicted molar refractivity (Wildman–Crippen MR) is 74.6 cm³/mol. The normalized spacial score (nSPS) is 13.5. The summed E-state index contributed by atoms with van der Waals surface area (Å²) < 4.78 is 27.4.